The summed E-state index contributed by atoms with van der Waals surface area (Å²) in [6, 6.07) is 8.00. The van der Waals surface area contributed by atoms with E-state index < -0.39 is 30.5 Å². The molecule has 0 spiro atoms. The lowest BCUT2D eigenvalue weighted by Crippen LogP contribution is -2.58. The molecule has 0 saturated carbocycles. The molecule has 1 aliphatic heterocycles. The van der Waals surface area contributed by atoms with Crippen LogP contribution in [0, 0.1) is 0 Å². The zero-order chi connectivity index (χ0) is 16.8. The molecule has 0 aromatic heterocycles. The van der Waals surface area contributed by atoms with E-state index in [9.17, 15) is 14.7 Å². The van der Waals surface area contributed by atoms with Crippen molar-refractivity contribution >= 4 is 11.9 Å². The van der Waals surface area contributed by atoms with Gasteiger partial charge in [0.25, 0.3) is 0 Å². The van der Waals surface area contributed by atoms with E-state index in [-0.39, 0.29) is 12.5 Å². The number of aliphatic hydroxyl groups is 1. The van der Waals surface area contributed by atoms with Crippen LogP contribution in [-0.2, 0) is 19.0 Å². The summed E-state index contributed by atoms with van der Waals surface area (Å²) in [6.45, 7) is 1.02. The molecule has 1 saturated heterocycles. The quantitative estimate of drug-likeness (QED) is 0.765. The van der Waals surface area contributed by atoms with Crippen LogP contribution in [0.15, 0.2) is 30.3 Å². The summed E-state index contributed by atoms with van der Waals surface area (Å²) < 4.78 is 16.2. The average molecular weight is 323 g/mol. The van der Waals surface area contributed by atoms with E-state index in [1.54, 1.807) is 30.3 Å². The van der Waals surface area contributed by atoms with Gasteiger partial charge in [0.1, 0.15) is 6.10 Å². The highest BCUT2D eigenvalue weighted by Gasteiger charge is 2.41. The Morgan fingerprint density at radius 3 is 2.61 bits per heavy atom. The zero-order valence-corrected chi connectivity index (χ0v) is 13.1. The number of hydrogen-bond acceptors (Lipinski definition) is 6. The fourth-order valence-corrected chi connectivity index (χ4v) is 2.55. The molecule has 1 heterocycles. The van der Waals surface area contributed by atoms with Gasteiger partial charge in [0.05, 0.1) is 18.2 Å². The van der Waals surface area contributed by atoms with Gasteiger partial charge in [-0.05, 0) is 12.1 Å². The summed E-state index contributed by atoms with van der Waals surface area (Å²) in [4.78, 5) is 23.7. The molecular formula is C16H21NO6. The minimum Gasteiger partial charge on any atom is -0.454 e. The van der Waals surface area contributed by atoms with Crippen LogP contribution in [0.5, 0.6) is 0 Å². The lowest BCUT2D eigenvalue weighted by molar-refractivity contribution is -0.228. The maximum absolute atomic E-state index is 12.3. The Hall–Kier alpha value is -1.96. The predicted molar refractivity (Wildman–Crippen MR) is 80.6 cm³/mol. The normalized spacial score (nSPS) is 27.3. The van der Waals surface area contributed by atoms with Gasteiger partial charge in [0, 0.05) is 20.5 Å². The SMILES string of the molecule is COC1CC(NC(C)=O)C(OC(=O)c2ccccc2)C(CO)O1. The van der Waals surface area contributed by atoms with E-state index in [0.29, 0.717) is 12.0 Å². The van der Waals surface area contributed by atoms with Crippen molar-refractivity contribution < 1.29 is 28.9 Å². The first kappa shape index (κ1) is 17.4. The number of rotatable bonds is 5. The minimum atomic E-state index is -0.803. The molecule has 7 heteroatoms. The zero-order valence-electron chi connectivity index (χ0n) is 13.1. The van der Waals surface area contributed by atoms with E-state index >= 15 is 0 Å². The highest BCUT2D eigenvalue weighted by molar-refractivity contribution is 5.89. The topological polar surface area (TPSA) is 94.1 Å². The van der Waals surface area contributed by atoms with Crippen molar-refractivity contribution in [1.82, 2.24) is 5.32 Å². The minimum absolute atomic E-state index is 0.260. The van der Waals surface area contributed by atoms with E-state index in [0.717, 1.165) is 0 Å². The molecule has 4 atom stereocenters. The fourth-order valence-electron chi connectivity index (χ4n) is 2.55. The molecule has 0 aliphatic carbocycles. The van der Waals surface area contributed by atoms with Gasteiger partial charge in [-0.25, -0.2) is 4.79 Å². The number of methoxy groups -OCH3 is 1. The molecule has 126 valence electrons. The highest BCUT2D eigenvalue weighted by Crippen LogP contribution is 2.24. The van der Waals surface area contributed by atoms with E-state index in [1.807, 2.05) is 0 Å². The number of aliphatic hydroxyl groups excluding tert-OH is 1. The van der Waals surface area contributed by atoms with Crippen LogP contribution in [0.1, 0.15) is 23.7 Å². The number of amides is 1. The third-order valence-corrected chi connectivity index (χ3v) is 3.62. The monoisotopic (exact) mass is 323 g/mol. The van der Waals surface area contributed by atoms with Crippen LogP contribution in [0.2, 0.25) is 0 Å². The number of carbonyl (C=O) groups is 2. The fraction of sp³-hybridized carbons (Fsp3) is 0.500. The number of ether oxygens (including phenoxy) is 3. The van der Waals surface area contributed by atoms with Crippen molar-refractivity contribution in [3.63, 3.8) is 0 Å². The van der Waals surface area contributed by atoms with Crippen molar-refractivity contribution in [3.05, 3.63) is 35.9 Å². The molecule has 2 rings (SSSR count). The molecule has 1 aromatic rings. The van der Waals surface area contributed by atoms with Crippen molar-refractivity contribution in [2.75, 3.05) is 13.7 Å². The van der Waals surface area contributed by atoms with Gasteiger partial charge in [-0.2, -0.15) is 0 Å². The Morgan fingerprint density at radius 2 is 2.04 bits per heavy atom. The molecular weight excluding hydrogens is 302 g/mol. The summed E-state index contributed by atoms with van der Waals surface area (Å²) in [6.07, 6.45) is -1.85. The largest absolute Gasteiger partial charge is 0.454 e. The molecule has 1 aliphatic rings. The second kappa shape index (κ2) is 8.05. The van der Waals surface area contributed by atoms with Crippen LogP contribution in [0.25, 0.3) is 0 Å². The molecule has 4 unspecified atom stereocenters. The van der Waals surface area contributed by atoms with Gasteiger partial charge in [-0.1, -0.05) is 18.2 Å². The summed E-state index contributed by atoms with van der Waals surface area (Å²) in [7, 11) is 1.47. The summed E-state index contributed by atoms with van der Waals surface area (Å²) in [5, 5.41) is 12.3. The Kier molecular flexibility index (Phi) is 6.09. The maximum atomic E-state index is 12.3. The predicted octanol–water partition coefficient (Wildman–Crippen LogP) is 0.470. The second-order valence-electron chi connectivity index (χ2n) is 5.30. The van der Waals surface area contributed by atoms with Crippen molar-refractivity contribution in [1.29, 1.82) is 0 Å². The molecule has 1 amide bonds. The third kappa shape index (κ3) is 4.51. The average Bonchev–Trinajstić information content (AvgIpc) is 2.56. The van der Waals surface area contributed by atoms with Gasteiger partial charge in [-0.15, -0.1) is 0 Å². The van der Waals surface area contributed by atoms with Gasteiger partial charge >= 0.3 is 5.97 Å². The Labute approximate surface area is 134 Å². The number of hydrogen-bond donors (Lipinski definition) is 2. The lowest BCUT2D eigenvalue weighted by atomic mass is 9.98. The number of carbonyl (C=O) groups excluding carboxylic acids is 2. The molecule has 0 radical (unpaired) electrons. The number of benzene rings is 1. The Bertz CT molecular complexity index is 535. The molecule has 0 bridgehead atoms. The van der Waals surface area contributed by atoms with Crippen LogP contribution in [0.3, 0.4) is 0 Å². The standard InChI is InChI=1S/C16H21NO6/c1-10(19)17-12-8-14(21-2)22-13(9-18)15(12)23-16(20)11-6-4-3-5-7-11/h3-7,12-15,18H,8-9H2,1-2H3,(H,17,19). The van der Waals surface area contributed by atoms with Gasteiger partial charge in [0.2, 0.25) is 5.91 Å². The van der Waals surface area contributed by atoms with Gasteiger partial charge in [0.15, 0.2) is 12.4 Å². The Morgan fingerprint density at radius 1 is 1.35 bits per heavy atom. The third-order valence-electron chi connectivity index (χ3n) is 3.62. The molecule has 2 N–H and O–H groups in total. The lowest BCUT2D eigenvalue weighted by Gasteiger charge is -2.40. The summed E-state index contributed by atoms with van der Waals surface area (Å²) in [5.74, 6) is -0.798. The number of nitrogens with one attached hydrogen (secondary N) is 1. The summed E-state index contributed by atoms with van der Waals surface area (Å²) >= 11 is 0. The van der Waals surface area contributed by atoms with Crippen molar-refractivity contribution in [3.8, 4) is 0 Å². The van der Waals surface area contributed by atoms with Crippen molar-refractivity contribution in [2.24, 2.45) is 0 Å². The first-order chi connectivity index (χ1) is 11.0. The van der Waals surface area contributed by atoms with Crippen LogP contribution in [0.4, 0.5) is 0 Å². The van der Waals surface area contributed by atoms with Gasteiger partial charge < -0.3 is 24.6 Å². The highest BCUT2D eigenvalue weighted by atomic mass is 16.7. The molecule has 1 aromatic carbocycles. The molecule has 7 nitrogen and oxygen atoms in total. The van der Waals surface area contributed by atoms with E-state index in [4.69, 9.17) is 14.2 Å². The maximum Gasteiger partial charge on any atom is 0.338 e. The number of esters is 1. The van der Waals surface area contributed by atoms with Gasteiger partial charge in [-0.3, -0.25) is 4.79 Å². The van der Waals surface area contributed by atoms with Crippen LogP contribution >= 0.6 is 0 Å². The summed E-state index contributed by atoms with van der Waals surface area (Å²) in [5.41, 5.74) is 0.389. The van der Waals surface area contributed by atoms with Crippen molar-refractivity contribution in [2.45, 2.75) is 37.9 Å². The smallest absolute Gasteiger partial charge is 0.338 e. The molecule has 1 fully saturated rings. The first-order valence-corrected chi connectivity index (χ1v) is 7.37. The Balaban J connectivity index is 2.16. The van der Waals surface area contributed by atoms with Crippen LogP contribution < -0.4 is 5.32 Å². The molecule has 23 heavy (non-hydrogen) atoms. The van der Waals surface area contributed by atoms with Crippen LogP contribution in [-0.4, -0.2) is 55.2 Å². The first-order valence-electron chi connectivity index (χ1n) is 7.37. The second-order valence-corrected chi connectivity index (χ2v) is 5.30. The van der Waals surface area contributed by atoms with E-state index in [2.05, 4.69) is 5.32 Å². The van der Waals surface area contributed by atoms with E-state index in [1.165, 1.54) is 14.0 Å².